The monoisotopic (exact) mass is 271 g/mol. The lowest BCUT2D eigenvalue weighted by molar-refractivity contribution is -0.123. The Labute approximate surface area is 117 Å². The van der Waals surface area contributed by atoms with Gasteiger partial charge in [-0.25, -0.2) is 4.98 Å². The van der Waals surface area contributed by atoms with Crippen LogP contribution in [0.25, 0.3) is 0 Å². The zero-order chi connectivity index (χ0) is 13.9. The normalized spacial score (nSPS) is 19.1. The van der Waals surface area contributed by atoms with Crippen molar-refractivity contribution < 1.29 is 4.79 Å². The summed E-state index contributed by atoms with van der Waals surface area (Å²) >= 11 is 0. The maximum absolute atomic E-state index is 12.5. The van der Waals surface area contributed by atoms with Gasteiger partial charge in [0.1, 0.15) is 12.2 Å². The fraction of sp³-hybridized carbons (Fsp3) is 0.357. The van der Waals surface area contributed by atoms with E-state index in [-0.39, 0.29) is 17.9 Å². The fourth-order valence-electron chi connectivity index (χ4n) is 2.54. The molecule has 0 fully saturated rings. The number of hydrogen-bond donors (Lipinski definition) is 3. The first-order valence-electron chi connectivity index (χ1n) is 6.70. The summed E-state index contributed by atoms with van der Waals surface area (Å²) in [5.41, 5.74) is 2.29. The van der Waals surface area contributed by atoms with E-state index >= 15 is 0 Å². The van der Waals surface area contributed by atoms with Gasteiger partial charge in [0.2, 0.25) is 5.91 Å². The van der Waals surface area contributed by atoms with Crippen LogP contribution in [0.4, 0.5) is 0 Å². The lowest BCUT2D eigenvalue weighted by atomic mass is 9.90. The van der Waals surface area contributed by atoms with Crippen molar-refractivity contribution in [3.05, 3.63) is 47.5 Å². The van der Waals surface area contributed by atoms with Crippen molar-refractivity contribution in [2.24, 2.45) is 0 Å². The summed E-state index contributed by atoms with van der Waals surface area (Å²) in [4.78, 5) is 16.5. The molecule has 1 aliphatic heterocycles. The molecule has 0 saturated carbocycles. The maximum Gasteiger partial charge on any atom is 0.229 e. The zero-order valence-corrected chi connectivity index (χ0v) is 11.3. The predicted molar refractivity (Wildman–Crippen MR) is 73.8 cm³/mol. The minimum Gasteiger partial charge on any atom is -0.346 e. The fourth-order valence-corrected chi connectivity index (χ4v) is 2.54. The Morgan fingerprint density at radius 3 is 3.10 bits per heavy atom. The molecule has 2 atom stereocenters. The molecular weight excluding hydrogens is 254 g/mol. The van der Waals surface area contributed by atoms with Gasteiger partial charge >= 0.3 is 0 Å². The van der Waals surface area contributed by atoms with Crippen molar-refractivity contribution >= 4 is 5.91 Å². The van der Waals surface area contributed by atoms with Crippen LogP contribution in [0.15, 0.2) is 30.6 Å². The Morgan fingerprint density at radius 2 is 2.30 bits per heavy atom. The Balaban J connectivity index is 1.75. The standard InChI is InChI=1S/C14H17N5O/c1-9(13-16-8-17-19-13)18-14(20)12-7-15-6-10-4-2-3-5-11(10)12/h2-5,8-9,12,15H,6-7H2,1H3,(H,18,20)(H,16,17,19). The average molecular weight is 271 g/mol. The number of carbonyl (C=O) groups is 1. The number of aromatic amines is 1. The molecule has 3 rings (SSSR count). The van der Waals surface area contributed by atoms with Crippen LogP contribution >= 0.6 is 0 Å². The molecule has 1 aliphatic rings. The van der Waals surface area contributed by atoms with Gasteiger partial charge < -0.3 is 10.6 Å². The van der Waals surface area contributed by atoms with Crippen molar-refractivity contribution in [3.8, 4) is 0 Å². The molecule has 1 amide bonds. The molecule has 0 radical (unpaired) electrons. The number of aromatic nitrogens is 3. The SMILES string of the molecule is CC(NC(=O)C1CNCc2ccccc21)c1ncn[nH]1. The first kappa shape index (κ1) is 12.8. The highest BCUT2D eigenvalue weighted by Crippen LogP contribution is 2.24. The van der Waals surface area contributed by atoms with Crippen molar-refractivity contribution in [1.29, 1.82) is 0 Å². The van der Waals surface area contributed by atoms with Crippen LogP contribution in [0.5, 0.6) is 0 Å². The summed E-state index contributed by atoms with van der Waals surface area (Å²) < 4.78 is 0. The molecule has 0 bridgehead atoms. The lowest BCUT2D eigenvalue weighted by Gasteiger charge is -2.26. The van der Waals surface area contributed by atoms with Gasteiger partial charge in [0.05, 0.1) is 12.0 Å². The van der Waals surface area contributed by atoms with Gasteiger partial charge in [-0.15, -0.1) is 0 Å². The molecular formula is C14H17N5O. The number of fused-ring (bicyclic) bond motifs is 1. The molecule has 0 saturated heterocycles. The molecule has 6 nitrogen and oxygen atoms in total. The number of H-pyrrole nitrogens is 1. The van der Waals surface area contributed by atoms with E-state index in [1.54, 1.807) is 0 Å². The van der Waals surface area contributed by atoms with Gasteiger partial charge in [-0.2, -0.15) is 5.10 Å². The summed E-state index contributed by atoms with van der Waals surface area (Å²) in [6.45, 7) is 3.37. The molecule has 1 aromatic heterocycles. The highest BCUT2D eigenvalue weighted by molar-refractivity contribution is 5.84. The topological polar surface area (TPSA) is 82.7 Å². The number of carbonyl (C=O) groups excluding carboxylic acids is 1. The van der Waals surface area contributed by atoms with Gasteiger partial charge in [0.25, 0.3) is 0 Å². The second-order valence-electron chi connectivity index (χ2n) is 4.98. The van der Waals surface area contributed by atoms with Gasteiger partial charge in [0, 0.05) is 13.1 Å². The van der Waals surface area contributed by atoms with Crippen molar-refractivity contribution in [2.45, 2.75) is 25.4 Å². The summed E-state index contributed by atoms with van der Waals surface area (Å²) in [6, 6.07) is 7.88. The van der Waals surface area contributed by atoms with Crippen molar-refractivity contribution in [1.82, 2.24) is 25.8 Å². The van der Waals surface area contributed by atoms with Gasteiger partial charge in [0.15, 0.2) is 0 Å². The quantitative estimate of drug-likeness (QED) is 0.773. The van der Waals surface area contributed by atoms with E-state index < -0.39 is 0 Å². The number of nitrogens with zero attached hydrogens (tertiary/aromatic N) is 2. The Bertz CT molecular complexity index is 595. The summed E-state index contributed by atoms with van der Waals surface area (Å²) in [7, 11) is 0. The number of nitrogens with one attached hydrogen (secondary N) is 3. The minimum absolute atomic E-state index is 0.00792. The summed E-state index contributed by atoms with van der Waals surface area (Å²) in [6.07, 6.45) is 1.44. The van der Waals surface area contributed by atoms with Crippen molar-refractivity contribution in [3.63, 3.8) is 0 Å². The average Bonchev–Trinajstić information content (AvgIpc) is 3.01. The van der Waals surface area contributed by atoms with Gasteiger partial charge in [-0.3, -0.25) is 9.89 Å². The number of amides is 1. The van der Waals surface area contributed by atoms with E-state index in [0.717, 1.165) is 12.1 Å². The third-order valence-electron chi connectivity index (χ3n) is 3.61. The van der Waals surface area contributed by atoms with E-state index in [4.69, 9.17) is 0 Å². The molecule has 0 spiro atoms. The second-order valence-corrected chi connectivity index (χ2v) is 4.98. The smallest absolute Gasteiger partial charge is 0.229 e. The molecule has 20 heavy (non-hydrogen) atoms. The lowest BCUT2D eigenvalue weighted by Crippen LogP contribution is -2.40. The zero-order valence-electron chi connectivity index (χ0n) is 11.3. The summed E-state index contributed by atoms with van der Waals surface area (Å²) in [5.74, 6) is 0.509. The van der Waals surface area contributed by atoms with Crippen LogP contribution in [-0.4, -0.2) is 27.6 Å². The maximum atomic E-state index is 12.5. The summed E-state index contributed by atoms with van der Waals surface area (Å²) in [5, 5.41) is 12.8. The third kappa shape index (κ3) is 2.42. The van der Waals surface area contributed by atoms with E-state index in [1.807, 2.05) is 25.1 Å². The van der Waals surface area contributed by atoms with Crippen LogP contribution in [0.3, 0.4) is 0 Å². The first-order valence-corrected chi connectivity index (χ1v) is 6.70. The van der Waals surface area contributed by atoms with E-state index in [1.165, 1.54) is 11.9 Å². The first-order chi connectivity index (χ1) is 9.75. The van der Waals surface area contributed by atoms with Crippen LogP contribution in [0.2, 0.25) is 0 Å². The Hall–Kier alpha value is -2.21. The van der Waals surface area contributed by atoms with E-state index in [9.17, 15) is 4.79 Å². The largest absolute Gasteiger partial charge is 0.346 e. The second kappa shape index (κ2) is 5.42. The van der Waals surface area contributed by atoms with Gasteiger partial charge in [-0.1, -0.05) is 24.3 Å². The Morgan fingerprint density at radius 1 is 1.45 bits per heavy atom. The van der Waals surface area contributed by atoms with E-state index in [0.29, 0.717) is 12.4 Å². The van der Waals surface area contributed by atoms with Crippen LogP contribution in [0, 0.1) is 0 Å². The number of rotatable bonds is 3. The molecule has 6 heteroatoms. The molecule has 1 aromatic carbocycles. The van der Waals surface area contributed by atoms with Crippen LogP contribution < -0.4 is 10.6 Å². The molecule has 2 heterocycles. The van der Waals surface area contributed by atoms with E-state index in [2.05, 4.69) is 31.9 Å². The number of benzene rings is 1. The molecule has 3 N–H and O–H groups in total. The molecule has 104 valence electrons. The number of hydrogen-bond acceptors (Lipinski definition) is 4. The van der Waals surface area contributed by atoms with Crippen molar-refractivity contribution in [2.75, 3.05) is 6.54 Å². The molecule has 2 unspecified atom stereocenters. The molecule has 0 aliphatic carbocycles. The Kier molecular flexibility index (Phi) is 3.47. The van der Waals surface area contributed by atoms with Crippen LogP contribution in [0.1, 0.15) is 35.8 Å². The minimum atomic E-state index is -0.181. The predicted octanol–water partition coefficient (Wildman–Crippen LogP) is 0.869. The molecule has 2 aromatic rings. The highest BCUT2D eigenvalue weighted by Gasteiger charge is 2.27. The highest BCUT2D eigenvalue weighted by atomic mass is 16.2. The van der Waals surface area contributed by atoms with Crippen LogP contribution in [-0.2, 0) is 11.3 Å². The van der Waals surface area contributed by atoms with Gasteiger partial charge in [-0.05, 0) is 18.1 Å². The third-order valence-corrected chi connectivity index (χ3v) is 3.61.